The Bertz CT molecular complexity index is 860. The van der Waals surface area contributed by atoms with Gasteiger partial charge in [0, 0.05) is 18.3 Å². The molecule has 2 N–H and O–H groups in total. The van der Waals surface area contributed by atoms with E-state index in [1.165, 1.54) is 12.5 Å². The lowest BCUT2D eigenvalue weighted by Gasteiger charge is -2.36. The van der Waals surface area contributed by atoms with E-state index in [0.29, 0.717) is 24.7 Å². The molecule has 3 atom stereocenters. The van der Waals surface area contributed by atoms with Crippen molar-refractivity contribution in [3.63, 3.8) is 0 Å². The van der Waals surface area contributed by atoms with Crippen LogP contribution in [-0.2, 0) is 25.5 Å². The maximum Gasteiger partial charge on any atom is 0.490 e. The number of likely N-dealkylation sites (tertiary alicyclic amines) is 1. The van der Waals surface area contributed by atoms with Crippen molar-refractivity contribution in [3.8, 4) is 0 Å². The van der Waals surface area contributed by atoms with Gasteiger partial charge in [-0.25, -0.2) is 9.18 Å². The van der Waals surface area contributed by atoms with Crippen LogP contribution >= 0.6 is 0 Å². The predicted octanol–water partition coefficient (Wildman–Crippen LogP) is 2.21. The number of hydrogen-bond acceptors (Lipinski definition) is 5. The van der Waals surface area contributed by atoms with Crippen LogP contribution in [-0.4, -0.2) is 69.8 Å². The maximum atomic E-state index is 12.9. The average molecular weight is 475 g/mol. The fourth-order valence-electron chi connectivity index (χ4n) is 4.04. The molecule has 0 bridgehead atoms. The zero-order valence-corrected chi connectivity index (χ0v) is 17.7. The van der Waals surface area contributed by atoms with Crippen LogP contribution in [0.1, 0.15) is 44.2 Å². The number of rotatable bonds is 4. The Hall–Kier alpha value is -2.76. The van der Waals surface area contributed by atoms with Gasteiger partial charge in [-0.1, -0.05) is 0 Å². The van der Waals surface area contributed by atoms with Gasteiger partial charge in [0.05, 0.1) is 24.8 Å². The molecule has 4 rings (SSSR count). The van der Waals surface area contributed by atoms with E-state index in [2.05, 4.69) is 10.3 Å². The number of carboxylic acid groups (broad SMARTS) is 1. The highest BCUT2D eigenvalue weighted by Crippen LogP contribution is 2.32. The standard InChI is InChI=1S/C19H24FN3O3.C2HF3O2/c20-12-4-5-14(21-11-12)10-18(24)23-9-8-16-15(23)6-7-17(26-16)19(25)22-13-2-1-3-13;3-2(4,5)1(6)7/h4-5,11,13,15-17H,1-3,6-10H2,(H,22,25);(H,6,7)/t15-,16-,17+;/m1./s1. The van der Waals surface area contributed by atoms with Crippen LogP contribution in [0, 0.1) is 5.82 Å². The molecule has 1 aromatic rings. The van der Waals surface area contributed by atoms with Crippen LogP contribution in [0.5, 0.6) is 0 Å². The number of carbonyl (C=O) groups is 3. The second-order valence-corrected chi connectivity index (χ2v) is 8.27. The summed E-state index contributed by atoms with van der Waals surface area (Å²) in [5.41, 5.74) is 0.564. The number of ether oxygens (including phenoxy) is 1. The first-order valence-electron chi connectivity index (χ1n) is 10.7. The van der Waals surface area contributed by atoms with Gasteiger partial charge in [0.1, 0.15) is 11.9 Å². The summed E-state index contributed by atoms with van der Waals surface area (Å²) in [6, 6.07) is 3.19. The number of pyridine rings is 1. The molecule has 0 spiro atoms. The Morgan fingerprint density at radius 2 is 1.85 bits per heavy atom. The minimum Gasteiger partial charge on any atom is -0.475 e. The number of fused-ring (bicyclic) bond motifs is 1. The molecule has 0 unspecified atom stereocenters. The zero-order chi connectivity index (χ0) is 24.2. The first-order chi connectivity index (χ1) is 15.5. The Balaban J connectivity index is 0.000000383. The molecule has 182 valence electrons. The van der Waals surface area contributed by atoms with E-state index in [1.54, 1.807) is 6.07 Å². The number of halogens is 4. The fourth-order valence-corrected chi connectivity index (χ4v) is 4.04. The second-order valence-electron chi connectivity index (χ2n) is 8.27. The lowest BCUT2D eigenvalue weighted by atomic mass is 9.92. The molecule has 12 heteroatoms. The van der Waals surface area contributed by atoms with Crippen molar-refractivity contribution >= 4 is 17.8 Å². The molecule has 8 nitrogen and oxygen atoms in total. The van der Waals surface area contributed by atoms with Crippen LogP contribution in [0.3, 0.4) is 0 Å². The van der Waals surface area contributed by atoms with Gasteiger partial charge in [-0.15, -0.1) is 0 Å². The van der Waals surface area contributed by atoms with Crippen molar-refractivity contribution in [1.82, 2.24) is 15.2 Å². The van der Waals surface area contributed by atoms with E-state index in [9.17, 15) is 27.2 Å². The number of amides is 2. The van der Waals surface area contributed by atoms with Crippen LogP contribution in [0.25, 0.3) is 0 Å². The normalized spacial score (nSPS) is 24.7. The number of carbonyl (C=O) groups excluding carboxylic acids is 2. The zero-order valence-electron chi connectivity index (χ0n) is 17.7. The number of aliphatic carboxylic acids is 1. The summed E-state index contributed by atoms with van der Waals surface area (Å²) in [5, 5.41) is 10.2. The summed E-state index contributed by atoms with van der Waals surface area (Å²) >= 11 is 0. The van der Waals surface area contributed by atoms with Crippen molar-refractivity contribution < 1.29 is 41.8 Å². The number of nitrogens with one attached hydrogen (secondary N) is 1. The second kappa shape index (κ2) is 10.4. The van der Waals surface area contributed by atoms with E-state index in [4.69, 9.17) is 14.6 Å². The summed E-state index contributed by atoms with van der Waals surface area (Å²) in [5.74, 6) is -3.19. The molecular weight excluding hydrogens is 450 g/mol. The summed E-state index contributed by atoms with van der Waals surface area (Å²) in [4.78, 5) is 39.6. The van der Waals surface area contributed by atoms with Gasteiger partial charge < -0.3 is 20.1 Å². The molecule has 33 heavy (non-hydrogen) atoms. The Kier molecular flexibility index (Phi) is 7.88. The van der Waals surface area contributed by atoms with Crippen molar-refractivity contribution in [2.24, 2.45) is 0 Å². The van der Waals surface area contributed by atoms with Crippen LogP contribution in [0.15, 0.2) is 18.3 Å². The van der Waals surface area contributed by atoms with Gasteiger partial charge in [-0.2, -0.15) is 13.2 Å². The van der Waals surface area contributed by atoms with Crippen molar-refractivity contribution in [3.05, 3.63) is 29.8 Å². The number of carboxylic acids is 1. The van der Waals surface area contributed by atoms with E-state index in [0.717, 1.165) is 31.9 Å². The van der Waals surface area contributed by atoms with E-state index < -0.39 is 24.1 Å². The van der Waals surface area contributed by atoms with Gasteiger partial charge in [-0.05, 0) is 50.7 Å². The van der Waals surface area contributed by atoms with Gasteiger partial charge in [0.15, 0.2) is 0 Å². The molecule has 0 radical (unpaired) electrons. The monoisotopic (exact) mass is 475 g/mol. The van der Waals surface area contributed by atoms with Gasteiger partial charge in [0.2, 0.25) is 11.8 Å². The molecule has 3 fully saturated rings. The average Bonchev–Trinajstić information content (AvgIpc) is 3.15. The molecule has 1 aliphatic carbocycles. The Morgan fingerprint density at radius 1 is 1.15 bits per heavy atom. The van der Waals surface area contributed by atoms with Crippen molar-refractivity contribution in [2.75, 3.05) is 6.54 Å². The van der Waals surface area contributed by atoms with Crippen LogP contribution in [0.2, 0.25) is 0 Å². The first kappa shape index (κ1) is 24.9. The molecule has 2 saturated heterocycles. The quantitative estimate of drug-likeness (QED) is 0.647. The van der Waals surface area contributed by atoms with Gasteiger partial charge in [-0.3, -0.25) is 14.6 Å². The SMILES string of the molecule is O=C(NC1CCC1)[C@@H]1CC[C@@H]2[C@@H](CCN2C(=O)Cc2ccc(F)cn2)O1.O=C(O)C(F)(F)F. The lowest BCUT2D eigenvalue weighted by molar-refractivity contribution is -0.192. The minimum atomic E-state index is -5.08. The summed E-state index contributed by atoms with van der Waals surface area (Å²) in [6.45, 7) is 0.631. The minimum absolute atomic E-state index is 0.00608. The van der Waals surface area contributed by atoms with E-state index >= 15 is 0 Å². The Labute approximate surface area is 187 Å². The first-order valence-corrected chi connectivity index (χ1v) is 10.7. The largest absolute Gasteiger partial charge is 0.490 e. The van der Waals surface area contributed by atoms with E-state index in [-0.39, 0.29) is 30.4 Å². The van der Waals surface area contributed by atoms with E-state index in [1.807, 2.05) is 4.90 Å². The third kappa shape index (κ3) is 6.62. The van der Waals surface area contributed by atoms with Gasteiger partial charge >= 0.3 is 12.1 Å². The summed E-state index contributed by atoms with van der Waals surface area (Å²) in [7, 11) is 0. The molecule has 2 aliphatic heterocycles. The molecule has 1 saturated carbocycles. The Morgan fingerprint density at radius 3 is 2.39 bits per heavy atom. The third-order valence-electron chi connectivity index (χ3n) is 5.98. The lowest BCUT2D eigenvalue weighted by Crippen LogP contribution is -2.51. The predicted molar refractivity (Wildman–Crippen MR) is 105 cm³/mol. The summed E-state index contributed by atoms with van der Waals surface area (Å²) < 4.78 is 50.7. The van der Waals surface area contributed by atoms with Crippen LogP contribution < -0.4 is 5.32 Å². The molecule has 1 aromatic heterocycles. The molecular formula is C21H25F4N3O5. The van der Waals surface area contributed by atoms with Crippen LogP contribution in [0.4, 0.5) is 17.6 Å². The number of nitrogens with zero attached hydrogens (tertiary/aromatic N) is 2. The summed E-state index contributed by atoms with van der Waals surface area (Å²) in [6.07, 6.45) is 1.20. The highest BCUT2D eigenvalue weighted by Gasteiger charge is 2.43. The van der Waals surface area contributed by atoms with Gasteiger partial charge in [0.25, 0.3) is 0 Å². The smallest absolute Gasteiger partial charge is 0.475 e. The molecule has 3 aliphatic rings. The fraction of sp³-hybridized carbons (Fsp3) is 0.619. The molecule has 2 amide bonds. The highest BCUT2D eigenvalue weighted by atomic mass is 19.4. The number of aromatic nitrogens is 1. The maximum absolute atomic E-state index is 12.9. The number of hydrogen-bond donors (Lipinski definition) is 2. The topological polar surface area (TPSA) is 109 Å². The highest BCUT2D eigenvalue weighted by molar-refractivity contribution is 5.82. The molecule has 0 aromatic carbocycles. The van der Waals surface area contributed by atoms with Crippen molar-refractivity contribution in [2.45, 2.75) is 75.4 Å². The number of alkyl halides is 3. The third-order valence-corrected chi connectivity index (χ3v) is 5.98. The molecule has 3 heterocycles. The van der Waals surface area contributed by atoms with Crippen molar-refractivity contribution in [1.29, 1.82) is 0 Å².